The van der Waals surface area contributed by atoms with Crippen molar-refractivity contribution in [3.8, 4) is 5.75 Å². The van der Waals surface area contributed by atoms with Crippen molar-refractivity contribution in [1.82, 2.24) is 5.32 Å². The third-order valence-electron chi connectivity index (χ3n) is 4.07. The second-order valence-corrected chi connectivity index (χ2v) is 8.43. The maximum absolute atomic E-state index is 12.4. The van der Waals surface area contributed by atoms with Gasteiger partial charge >= 0.3 is 12.2 Å². The smallest absolute Gasteiger partial charge is 0.414 e. The average molecular weight is 490 g/mol. The van der Waals surface area contributed by atoms with Gasteiger partial charge in [-0.15, -0.1) is 0 Å². The SMILES string of the molecule is CCOC(=O)N1CC(CCNC(=O)OC(C)(C)C)c2c(I)cc(OC)cc21. The van der Waals surface area contributed by atoms with Crippen LogP contribution in [-0.4, -0.2) is 44.6 Å². The number of nitrogens with zero attached hydrogens (tertiary/aromatic N) is 1. The minimum atomic E-state index is -0.531. The molecule has 2 amide bonds. The summed E-state index contributed by atoms with van der Waals surface area (Å²) < 4.78 is 16.8. The van der Waals surface area contributed by atoms with Crippen LogP contribution < -0.4 is 15.0 Å². The van der Waals surface area contributed by atoms with Gasteiger partial charge in [0.25, 0.3) is 0 Å². The van der Waals surface area contributed by atoms with E-state index in [4.69, 9.17) is 14.2 Å². The summed E-state index contributed by atoms with van der Waals surface area (Å²) in [4.78, 5) is 25.9. The quantitative estimate of drug-likeness (QED) is 0.624. The number of carbonyl (C=O) groups excluding carboxylic acids is 2. The van der Waals surface area contributed by atoms with Gasteiger partial charge in [-0.1, -0.05) is 0 Å². The van der Waals surface area contributed by atoms with Crippen LogP contribution in [0.2, 0.25) is 0 Å². The van der Waals surface area contributed by atoms with Gasteiger partial charge < -0.3 is 19.5 Å². The summed E-state index contributed by atoms with van der Waals surface area (Å²) in [5, 5.41) is 2.79. The zero-order valence-electron chi connectivity index (χ0n) is 16.4. The van der Waals surface area contributed by atoms with E-state index in [1.54, 1.807) is 18.9 Å². The molecule has 1 aliphatic rings. The highest BCUT2D eigenvalue weighted by atomic mass is 127. The van der Waals surface area contributed by atoms with Crippen LogP contribution in [0.15, 0.2) is 12.1 Å². The molecule has 1 atom stereocenters. The van der Waals surface area contributed by atoms with Crippen LogP contribution in [0.1, 0.15) is 45.6 Å². The number of amides is 2. The maximum Gasteiger partial charge on any atom is 0.414 e. The number of anilines is 1. The van der Waals surface area contributed by atoms with Gasteiger partial charge in [-0.2, -0.15) is 0 Å². The van der Waals surface area contributed by atoms with Gasteiger partial charge in [0.1, 0.15) is 11.4 Å². The van der Waals surface area contributed by atoms with Gasteiger partial charge in [-0.3, -0.25) is 4.90 Å². The van der Waals surface area contributed by atoms with Crippen LogP contribution in [0, 0.1) is 3.57 Å². The number of nitrogens with one attached hydrogen (secondary N) is 1. The Bertz CT molecular complexity index is 702. The number of carbonyl (C=O) groups is 2. The Hall–Kier alpha value is -1.71. The third-order valence-corrected chi connectivity index (χ3v) is 4.96. The number of hydrogen-bond acceptors (Lipinski definition) is 5. The van der Waals surface area contributed by atoms with Gasteiger partial charge in [-0.05, 0) is 68.3 Å². The van der Waals surface area contributed by atoms with E-state index in [2.05, 4.69) is 27.9 Å². The number of ether oxygens (including phenoxy) is 3. The third kappa shape index (κ3) is 5.63. The first-order valence-corrected chi connectivity index (χ1v) is 10.0. The lowest BCUT2D eigenvalue weighted by atomic mass is 9.98. The molecule has 1 aromatic rings. The summed E-state index contributed by atoms with van der Waals surface area (Å²) in [6.07, 6.45) is -0.123. The molecular formula is C19H27IN2O5. The largest absolute Gasteiger partial charge is 0.497 e. The van der Waals surface area contributed by atoms with Crippen LogP contribution >= 0.6 is 22.6 Å². The van der Waals surface area contributed by atoms with Crippen molar-refractivity contribution in [2.45, 2.75) is 45.6 Å². The molecule has 1 unspecified atom stereocenters. The summed E-state index contributed by atoms with van der Waals surface area (Å²) in [5.74, 6) is 0.789. The fourth-order valence-corrected chi connectivity index (χ4v) is 4.03. The first kappa shape index (κ1) is 21.6. The van der Waals surface area contributed by atoms with E-state index in [1.165, 1.54) is 0 Å². The fraction of sp³-hybridized carbons (Fsp3) is 0.579. The summed E-state index contributed by atoms with van der Waals surface area (Å²) in [6, 6.07) is 3.80. The Balaban J connectivity index is 2.13. The number of rotatable bonds is 5. The normalized spacial score (nSPS) is 15.9. The average Bonchev–Trinajstić information content (AvgIpc) is 2.92. The topological polar surface area (TPSA) is 77.1 Å². The zero-order valence-corrected chi connectivity index (χ0v) is 18.6. The molecule has 0 spiro atoms. The maximum atomic E-state index is 12.4. The number of alkyl carbamates (subject to hydrolysis) is 1. The van der Waals surface area contributed by atoms with E-state index in [9.17, 15) is 9.59 Å². The van der Waals surface area contributed by atoms with E-state index in [-0.39, 0.29) is 12.0 Å². The molecule has 1 heterocycles. The lowest BCUT2D eigenvalue weighted by Crippen LogP contribution is -2.34. The van der Waals surface area contributed by atoms with E-state index in [0.717, 1.165) is 14.8 Å². The second kappa shape index (κ2) is 8.99. The van der Waals surface area contributed by atoms with Gasteiger partial charge in [0, 0.05) is 28.6 Å². The molecule has 0 saturated heterocycles. The Labute approximate surface area is 173 Å². The highest BCUT2D eigenvalue weighted by Gasteiger charge is 2.35. The first-order chi connectivity index (χ1) is 12.7. The van der Waals surface area contributed by atoms with Crippen LogP contribution in [0.5, 0.6) is 5.75 Å². The first-order valence-electron chi connectivity index (χ1n) is 8.94. The minimum absolute atomic E-state index is 0.0946. The lowest BCUT2D eigenvalue weighted by Gasteiger charge is -2.20. The molecule has 0 aromatic heterocycles. The number of methoxy groups -OCH3 is 1. The molecule has 1 aromatic carbocycles. The van der Waals surface area contributed by atoms with Crippen LogP contribution in [0.4, 0.5) is 15.3 Å². The predicted octanol–water partition coefficient (Wildman–Crippen LogP) is 4.27. The molecular weight excluding hydrogens is 463 g/mol. The Morgan fingerprint density at radius 2 is 2.04 bits per heavy atom. The van der Waals surface area contributed by atoms with E-state index >= 15 is 0 Å². The number of hydrogen-bond donors (Lipinski definition) is 1. The van der Waals surface area contributed by atoms with Crippen LogP contribution in [0.3, 0.4) is 0 Å². The van der Waals surface area contributed by atoms with Crippen LogP contribution in [-0.2, 0) is 9.47 Å². The lowest BCUT2D eigenvalue weighted by molar-refractivity contribution is 0.0526. The van der Waals surface area contributed by atoms with E-state index in [1.807, 2.05) is 32.9 Å². The summed E-state index contributed by atoms with van der Waals surface area (Å²) in [7, 11) is 1.60. The van der Waals surface area contributed by atoms with E-state index < -0.39 is 11.7 Å². The Morgan fingerprint density at radius 1 is 1.33 bits per heavy atom. The van der Waals surface area contributed by atoms with Crippen molar-refractivity contribution in [1.29, 1.82) is 0 Å². The molecule has 8 heteroatoms. The van der Waals surface area contributed by atoms with Gasteiger partial charge in [0.15, 0.2) is 0 Å². The Kier molecular flexibility index (Phi) is 7.19. The predicted molar refractivity (Wildman–Crippen MR) is 112 cm³/mol. The van der Waals surface area contributed by atoms with Crippen LogP contribution in [0.25, 0.3) is 0 Å². The van der Waals surface area contributed by atoms with Crippen molar-refractivity contribution >= 4 is 40.5 Å². The molecule has 1 N–H and O–H groups in total. The number of fused-ring (bicyclic) bond motifs is 1. The van der Waals surface area contributed by atoms with Gasteiger partial charge in [0.2, 0.25) is 0 Å². The van der Waals surface area contributed by atoms with Crippen molar-refractivity contribution in [3.63, 3.8) is 0 Å². The van der Waals surface area contributed by atoms with Crippen molar-refractivity contribution in [2.75, 3.05) is 31.7 Å². The van der Waals surface area contributed by atoms with Gasteiger partial charge in [0.05, 0.1) is 19.4 Å². The minimum Gasteiger partial charge on any atom is -0.497 e. The molecule has 0 fully saturated rings. The highest BCUT2D eigenvalue weighted by molar-refractivity contribution is 14.1. The van der Waals surface area contributed by atoms with Crippen molar-refractivity contribution in [3.05, 3.63) is 21.3 Å². The molecule has 0 bridgehead atoms. The zero-order chi connectivity index (χ0) is 20.2. The standard InChI is InChI=1S/C19H27IN2O5/c1-6-26-18(24)22-11-12(7-8-21-17(23)27-19(2,3)4)16-14(20)9-13(25-5)10-15(16)22/h9-10,12H,6-8,11H2,1-5H3,(H,21,23). The molecule has 2 rings (SSSR count). The monoisotopic (exact) mass is 490 g/mol. The molecule has 7 nitrogen and oxygen atoms in total. The molecule has 27 heavy (non-hydrogen) atoms. The molecule has 0 aliphatic carbocycles. The molecule has 1 aliphatic heterocycles. The number of benzene rings is 1. The highest BCUT2D eigenvalue weighted by Crippen LogP contribution is 2.43. The molecule has 0 saturated carbocycles. The van der Waals surface area contributed by atoms with Crippen molar-refractivity contribution < 1.29 is 23.8 Å². The second-order valence-electron chi connectivity index (χ2n) is 7.27. The number of halogens is 1. The summed E-state index contributed by atoms with van der Waals surface area (Å²) >= 11 is 2.26. The Morgan fingerprint density at radius 3 is 2.63 bits per heavy atom. The van der Waals surface area contributed by atoms with Crippen molar-refractivity contribution in [2.24, 2.45) is 0 Å². The van der Waals surface area contributed by atoms with E-state index in [0.29, 0.717) is 31.9 Å². The summed E-state index contributed by atoms with van der Waals surface area (Å²) in [6.45, 7) is 8.54. The fourth-order valence-electron chi connectivity index (χ4n) is 3.01. The summed E-state index contributed by atoms with van der Waals surface area (Å²) in [5.41, 5.74) is 1.35. The molecule has 0 radical (unpaired) electrons. The molecule has 150 valence electrons. The van der Waals surface area contributed by atoms with Gasteiger partial charge in [-0.25, -0.2) is 9.59 Å².